The van der Waals surface area contributed by atoms with Gasteiger partial charge in [0.05, 0.1) is 9.85 Å². The molecule has 132 valence electrons. The number of hydrogen-bond donors (Lipinski definition) is 1. The summed E-state index contributed by atoms with van der Waals surface area (Å²) >= 11 is 6.94. The first-order chi connectivity index (χ1) is 12.1. The first-order valence-electron chi connectivity index (χ1n) is 8.03. The fourth-order valence-corrected chi connectivity index (χ4v) is 5.99. The van der Waals surface area contributed by atoms with Gasteiger partial charge in [-0.2, -0.15) is 8.42 Å². The predicted molar refractivity (Wildman–Crippen MR) is 100 cm³/mol. The summed E-state index contributed by atoms with van der Waals surface area (Å²) in [5.41, 5.74) is 0.599. The lowest BCUT2D eigenvalue weighted by Gasteiger charge is -2.13. The molecule has 3 heterocycles. The number of thiophene rings is 1. The van der Waals surface area contributed by atoms with Crippen LogP contribution in [0.15, 0.2) is 46.8 Å². The monoisotopic (exact) mass is 396 g/mol. The number of nitrogens with one attached hydrogen (secondary N) is 1. The fraction of sp³-hybridized carbons (Fsp3) is 0.294. The third kappa shape index (κ3) is 3.17. The molecule has 0 bridgehead atoms. The van der Waals surface area contributed by atoms with Crippen LogP contribution in [0.2, 0.25) is 4.34 Å². The van der Waals surface area contributed by atoms with Crippen LogP contribution in [0.25, 0.3) is 10.9 Å². The Hall–Kier alpha value is -1.54. The molecule has 1 fully saturated rings. The molecule has 25 heavy (non-hydrogen) atoms. The summed E-state index contributed by atoms with van der Waals surface area (Å²) in [6.45, 7) is 1.60. The van der Waals surface area contributed by atoms with Gasteiger partial charge in [-0.25, -0.2) is 3.97 Å². The Bertz CT molecular complexity index is 1000. The van der Waals surface area contributed by atoms with Gasteiger partial charge in [-0.1, -0.05) is 17.7 Å². The molecule has 0 saturated carbocycles. The second kappa shape index (κ2) is 6.64. The van der Waals surface area contributed by atoms with E-state index >= 15 is 0 Å². The molecule has 2 aromatic heterocycles. The van der Waals surface area contributed by atoms with Crippen molar-refractivity contribution in [3.8, 4) is 5.75 Å². The van der Waals surface area contributed by atoms with Crippen LogP contribution in [0.3, 0.4) is 0 Å². The lowest BCUT2D eigenvalue weighted by atomic mass is 10.2. The number of halogens is 1. The first kappa shape index (κ1) is 16.9. The van der Waals surface area contributed by atoms with Crippen LogP contribution < -0.4 is 10.1 Å². The Morgan fingerprint density at radius 3 is 2.88 bits per heavy atom. The van der Waals surface area contributed by atoms with E-state index in [-0.39, 0.29) is 4.21 Å². The summed E-state index contributed by atoms with van der Waals surface area (Å²) in [5.74, 6) is 0.698. The van der Waals surface area contributed by atoms with Gasteiger partial charge in [-0.05, 0) is 49.7 Å². The molecular weight excluding hydrogens is 380 g/mol. The summed E-state index contributed by atoms with van der Waals surface area (Å²) in [6, 6.07) is 10.7. The molecule has 0 unspecified atom stereocenters. The Kier molecular flexibility index (Phi) is 4.49. The number of benzene rings is 1. The molecule has 1 N–H and O–H groups in total. The molecular formula is C17H17ClN2O3S2. The Labute approximate surface area is 155 Å². The van der Waals surface area contributed by atoms with Gasteiger partial charge in [0.1, 0.15) is 16.6 Å². The Balaban J connectivity index is 1.68. The molecule has 1 aromatic carbocycles. The molecule has 4 rings (SSSR count). The summed E-state index contributed by atoms with van der Waals surface area (Å²) < 4.78 is 33.6. The second-order valence-corrected chi connectivity index (χ2v) is 9.73. The molecule has 1 atom stereocenters. The van der Waals surface area contributed by atoms with Gasteiger partial charge in [-0.3, -0.25) is 0 Å². The van der Waals surface area contributed by atoms with Crippen molar-refractivity contribution in [3.05, 3.63) is 46.9 Å². The molecule has 3 aromatic rings. The van der Waals surface area contributed by atoms with Crippen molar-refractivity contribution in [2.45, 2.75) is 23.1 Å². The maximum atomic E-state index is 12.9. The molecule has 1 aliphatic rings. The van der Waals surface area contributed by atoms with Gasteiger partial charge in [0.2, 0.25) is 0 Å². The zero-order valence-electron chi connectivity index (χ0n) is 13.3. The third-order valence-corrected chi connectivity index (χ3v) is 7.71. The summed E-state index contributed by atoms with van der Waals surface area (Å²) in [5, 5.41) is 4.17. The normalized spacial score (nSPS) is 18.0. The molecule has 5 nitrogen and oxygen atoms in total. The molecule has 0 radical (unpaired) electrons. The van der Waals surface area contributed by atoms with Crippen molar-refractivity contribution < 1.29 is 13.2 Å². The smallest absolute Gasteiger partial charge is 0.277 e. The number of fused-ring (bicyclic) bond motifs is 1. The zero-order valence-corrected chi connectivity index (χ0v) is 15.7. The Morgan fingerprint density at radius 2 is 2.16 bits per heavy atom. The van der Waals surface area contributed by atoms with Crippen molar-refractivity contribution in [2.75, 3.05) is 13.2 Å². The van der Waals surface area contributed by atoms with E-state index in [0.717, 1.165) is 36.1 Å². The van der Waals surface area contributed by atoms with Gasteiger partial charge in [0.15, 0.2) is 0 Å². The van der Waals surface area contributed by atoms with Crippen LogP contribution in [0.4, 0.5) is 0 Å². The van der Waals surface area contributed by atoms with Crippen molar-refractivity contribution in [3.63, 3.8) is 0 Å². The molecule has 1 aliphatic heterocycles. The summed E-state index contributed by atoms with van der Waals surface area (Å²) in [7, 11) is -3.67. The van der Waals surface area contributed by atoms with Crippen molar-refractivity contribution in [1.82, 2.24) is 9.29 Å². The number of ether oxygens (including phenoxy) is 1. The average Bonchev–Trinajstić information content (AvgIpc) is 3.33. The molecule has 0 aliphatic carbocycles. The number of nitrogens with zero attached hydrogens (tertiary/aromatic N) is 1. The van der Waals surface area contributed by atoms with E-state index in [0.29, 0.717) is 28.3 Å². The third-order valence-electron chi connectivity index (χ3n) is 4.32. The van der Waals surface area contributed by atoms with E-state index in [1.54, 1.807) is 24.4 Å². The van der Waals surface area contributed by atoms with E-state index in [2.05, 4.69) is 5.32 Å². The van der Waals surface area contributed by atoms with Gasteiger partial charge < -0.3 is 10.1 Å². The molecule has 0 spiro atoms. The van der Waals surface area contributed by atoms with Gasteiger partial charge in [0, 0.05) is 17.6 Å². The van der Waals surface area contributed by atoms with E-state index in [4.69, 9.17) is 16.3 Å². The van der Waals surface area contributed by atoms with E-state index in [1.165, 1.54) is 10.0 Å². The van der Waals surface area contributed by atoms with Gasteiger partial charge >= 0.3 is 0 Å². The predicted octanol–water partition coefficient (Wildman–Crippen LogP) is 3.72. The lowest BCUT2D eigenvalue weighted by Crippen LogP contribution is -2.28. The van der Waals surface area contributed by atoms with Crippen molar-refractivity contribution >= 4 is 43.9 Å². The SMILES string of the molecule is O=S(=O)(c1ccc(Cl)s1)n1ccc2c(OC[C@@H]3CCCN3)cccc21. The quantitative estimate of drug-likeness (QED) is 0.713. The fourth-order valence-electron chi connectivity index (χ4n) is 3.07. The number of hydrogen-bond acceptors (Lipinski definition) is 5. The number of rotatable bonds is 5. The van der Waals surface area contributed by atoms with Crippen molar-refractivity contribution in [1.29, 1.82) is 0 Å². The van der Waals surface area contributed by atoms with Crippen LogP contribution in [-0.4, -0.2) is 31.6 Å². The maximum absolute atomic E-state index is 12.9. The van der Waals surface area contributed by atoms with E-state index in [9.17, 15) is 8.42 Å². The average molecular weight is 397 g/mol. The van der Waals surface area contributed by atoms with Crippen LogP contribution in [0.5, 0.6) is 5.75 Å². The highest BCUT2D eigenvalue weighted by molar-refractivity contribution is 7.92. The second-order valence-electron chi connectivity index (χ2n) is 5.97. The van der Waals surface area contributed by atoms with Crippen molar-refractivity contribution in [2.24, 2.45) is 0 Å². The minimum absolute atomic E-state index is 0.219. The molecule has 8 heteroatoms. The van der Waals surface area contributed by atoms with E-state index < -0.39 is 10.0 Å². The van der Waals surface area contributed by atoms with Crippen LogP contribution in [-0.2, 0) is 10.0 Å². The van der Waals surface area contributed by atoms with Gasteiger partial charge in [-0.15, -0.1) is 11.3 Å². The highest BCUT2D eigenvalue weighted by atomic mass is 35.5. The minimum atomic E-state index is -3.67. The van der Waals surface area contributed by atoms with Crippen LogP contribution >= 0.6 is 22.9 Å². The largest absolute Gasteiger partial charge is 0.491 e. The molecule has 1 saturated heterocycles. The van der Waals surface area contributed by atoms with Gasteiger partial charge in [0.25, 0.3) is 10.0 Å². The maximum Gasteiger partial charge on any atom is 0.277 e. The zero-order chi connectivity index (χ0) is 17.4. The Morgan fingerprint density at radius 1 is 1.28 bits per heavy atom. The summed E-state index contributed by atoms with van der Waals surface area (Å²) in [6.07, 6.45) is 3.83. The first-order valence-corrected chi connectivity index (χ1v) is 10.7. The highest BCUT2D eigenvalue weighted by Gasteiger charge is 2.22. The number of aromatic nitrogens is 1. The standard InChI is InChI=1S/C17H17ClN2O3S2/c18-16-6-7-17(24-16)25(21,22)20-10-8-13-14(20)4-1-5-15(13)23-11-12-3-2-9-19-12/h1,4-8,10,12,19H,2-3,9,11H2/t12-/m0/s1. The van der Waals surface area contributed by atoms with Crippen LogP contribution in [0.1, 0.15) is 12.8 Å². The minimum Gasteiger partial charge on any atom is -0.491 e. The lowest BCUT2D eigenvalue weighted by molar-refractivity contribution is 0.280. The molecule has 0 amide bonds. The topological polar surface area (TPSA) is 60.3 Å². The highest BCUT2D eigenvalue weighted by Crippen LogP contribution is 2.32. The summed E-state index contributed by atoms with van der Waals surface area (Å²) in [4.78, 5) is 0. The van der Waals surface area contributed by atoms with E-state index in [1.807, 2.05) is 12.1 Å². The van der Waals surface area contributed by atoms with Crippen LogP contribution in [0, 0.1) is 0 Å².